The van der Waals surface area contributed by atoms with E-state index in [9.17, 15) is 14.0 Å². The van der Waals surface area contributed by atoms with Crippen molar-refractivity contribution in [3.05, 3.63) is 58.8 Å². The number of carbonyl (C=O) groups excluding carboxylic acids is 2. The number of nitrogens with one attached hydrogen (secondary N) is 1. The summed E-state index contributed by atoms with van der Waals surface area (Å²) < 4.78 is 23.8. The van der Waals surface area contributed by atoms with Crippen molar-refractivity contribution >= 4 is 33.5 Å². The summed E-state index contributed by atoms with van der Waals surface area (Å²) in [7, 11) is 0. The number of benzene rings is 2. The predicted octanol–water partition coefficient (Wildman–Crippen LogP) is 3.54. The Labute approximate surface area is 146 Å². The van der Waals surface area contributed by atoms with Crippen molar-refractivity contribution in [3.8, 4) is 5.75 Å². The van der Waals surface area contributed by atoms with E-state index in [0.717, 1.165) is 4.47 Å². The average molecular weight is 396 g/mol. The highest BCUT2D eigenvalue weighted by Crippen LogP contribution is 2.21. The predicted molar refractivity (Wildman–Crippen MR) is 90.2 cm³/mol. The van der Waals surface area contributed by atoms with Crippen LogP contribution in [0.4, 0.5) is 10.1 Å². The molecule has 1 amide bonds. The first kappa shape index (κ1) is 17.9. The van der Waals surface area contributed by atoms with Crippen LogP contribution in [0.5, 0.6) is 5.75 Å². The van der Waals surface area contributed by atoms with E-state index in [4.69, 9.17) is 9.47 Å². The van der Waals surface area contributed by atoms with Gasteiger partial charge in [-0.3, -0.25) is 4.79 Å². The number of rotatable bonds is 6. The minimum absolute atomic E-state index is 0.332. The molecular formula is C17H15BrFNO4. The van der Waals surface area contributed by atoms with Crippen LogP contribution in [0.3, 0.4) is 0 Å². The molecule has 0 saturated carbocycles. The monoisotopic (exact) mass is 395 g/mol. The Hall–Kier alpha value is -2.41. The molecule has 126 valence electrons. The standard InChI is InChI=1S/C17H15BrFNO4/c1-11(24-13-8-6-12(19)7-9-13)17(22)23-10-16(21)20-15-5-3-2-4-14(15)18/h2-9,11H,10H2,1H3,(H,20,21)/t11-/m1/s1. The number of ether oxygens (including phenoxy) is 2. The van der Waals surface area contributed by atoms with Gasteiger partial charge in [0.25, 0.3) is 5.91 Å². The fourth-order valence-corrected chi connectivity index (χ4v) is 2.15. The van der Waals surface area contributed by atoms with E-state index < -0.39 is 30.4 Å². The first-order valence-electron chi connectivity index (χ1n) is 7.09. The molecule has 0 aliphatic carbocycles. The minimum Gasteiger partial charge on any atom is -0.479 e. The number of hydrogen-bond acceptors (Lipinski definition) is 4. The second-order valence-electron chi connectivity index (χ2n) is 4.85. The van der Waals surface area contributed by atoms with Crippen molar-refractivity contribution in [3.63, 3.8) is 0 Å². The molecule has 1 N–H and O–H groups in total. The summed E-state index contributed by atoms with van der Waals surface area (Å²) in [6.45, 7) is 1.05. The van der Waals surface area contributed by atoms with E-state index in [2.05, 4.69) is 21.2 Å². The summed E-state index contributed by atoms with van der Waals surface area (Å²) >= 11 is 3.30. The second kappa shape index (κ2) is 8.44. The van der Waals surface area contributed by atoms with Crippen molar-refractivity contribution < 1.29 is 23.5 Å². The van der Waals surface area contributed by atoms with Gasteiger partial charge >= 0.3 is 5.97 Å². The van der Waals surface area contributed by atoms with E-state index >= 15 is 0 Å². The van der Waals surface area contributed by atoms with Crippen LogP contribution in [0.15, 0.2) is 53.0 Å². The highest BCUT2D eigenvalue weighted by atomic mass is 79.9. The lowest BCUT2D eigenvalue weighted by atomic mass is 10.3. The third-order valence-corrected chi connectivity index (χ3v) is 3.64. The zero-order valence-corrected chi connectivity index (χ0v) is 14.4. The van der Waals surface area contributed by atoms with E-state index in [1.165, 1.54) is 31.2 Å². The summed E-state index contributed by atoms with van der Waals surface area (Å²) in [5.41, 5.74) is 0.578. The first-order chi connectivity index (χ1) is 11.5. The second-order valence-corrected chi connectivity index (χ2v) is 5.70. The summed E-state index contributed by atoms with van der Waals surface area (Å²) in [5, 5.41) is 2.61. The van der Waals surface area contributed by atoms with Gasteiger partial charge in [-0.25, -0.2) is 9.18 Å². The van der Waals surface area contributed by atoms with Crippen LogP contribution in [-0.4, -0.2) is 24.6 Å². The maximum Gasteiger partial charge on any atom is 0.347 e. The summed E-state index contributed by atoms with van der Waals surface area (Å²) in [5.74, 6) is -1.23. The number of amides is 1. The van der Waals surface area contributed by atoms with Crippen molar-refractivity contribution in [2.24, 2.45) is 0 Å². The van der Waals surface area contributed by atoms with Crippen LogP contribution in [0.25, 0.3) is 0 Å². The van der Waals surface area contributed by atoms with Crippen molar-refractivity contribution in [1.29, 1.82) is 0 Å². The van der Waals surface area contributed by atoms with Crippen molar-refractivity contribution in [2.75, 3.05) is 11.9 Å². The van der Waals surface area contributed by atoms with Crippen LogP contribution in [-0.2, 0) is 14.3 Å². The van der Waals surface area contributed by atoms with Crippen LogP contribution in [0.1, 0.15) is 6.92 Å². The molecular weight excluding hydrogens is 381 g/mol. The largest absolute Gasteiger partial charge is 0.479 e. The lowest BCUT2D eigenvalue weighted by Gasteiger charge is -2.14. The van der Waals surface area contributed by atoms with Gasteiger partial charge in [0.15, 0.2) is 12.7 Å². The van der Waals surface area contributed by atoms with Gasteiger partial charge < -0.3 is 14.8 Å². The number of carbonyl (C=O) groups is 2. The molecule has 7 heteroatoms. The highest BCUT2D eigenvalue weighted by Gasteiger charge is 2.18. The van der Waals surface area contributed by atoms with Crippen molar-refractivity contribution in [2.45, 2.75) is 13.0 Å². The summed E-state index contributed by atoms with van der Waals surface area (Å²) in [6.07, 6.45) is -0.924. The Morgan fingerprint density at radius 3 is 2.50 bits per heavy atom. The molecule has 24 heavy (non-hydrogen) atoms. The van der Waals surface area contributed by atoms with Gasteiger partial charge in [-0.05, 0) is 59.3 Å². The Morgan fingerprint density at radius 1 is 1.17 bits per heavy atom. The van der Waals surface area contributed by atoms with Gasteiger partial charge in [-0.1, -0.05) is 12.1 Å². The molecule has 0 saturated heterocycles. The van der Waals surface area contributed by atoms with Gasteiger partial charge in [0, 0.05) is 4.47 Å². The SMILES string of the molecule is C[C@@H](Oc1ccc(F)cc1)C(=O)OCC(=O)Nc1ccccc1Br. The smallest absolute Gasteiger partial charge is 0.347 e. The van der Waals surface area contributed by atoms with Crippen LogP contribution < -0.4 is 10.1 Å². The molecule has 0 aromatic heterocycles. The number of esters is 1. The number of anilines is 1. The topological polar surface area (TPSA) is 64.6 Å². The normalized spacial score (nSPS) is 11.5. The van der Waals surface area contributed by atoms with Crippen LogP contribution in [0, 0.1) is 5.82 Å². The van der Waals surface area contributed by atoms with E-state index in [1.807, 2.05) is 6.07 Å². The summed E-state index contributed by atoms with van der Waals surface area (Å²) in [4.78, 5) is 23.6. The summed E-state index contributed by atoms with van der Waals surface area (Å²) in [6, 6.07) is 12.3. The molecule has 0 heterocycles. The number of hydrogen-bond donors (Lipinski definition) is 1. The molecule has 0 aliphatic heterocycles. The van der Waals surface area contributed by atoms with E-state index in [0.29, 0.717) is 11.4 Å². The molecule has 2 aromatic carbocycles. The van der Waals surface area contributed by atoms with E-state index in [1.54, 1.807) is 18.2 Å². The first-order valence-corrected chi connectivity index (χ1v) is 7.88. The number of para-hydroxylation sites is 1. The van der Waals surface area contributed by atoms with Gasteiger partial charge in [-0.2, -0.15) is 0 Å². The van der Waals surface area contributed by atoms with Crippen LogP contribution in [0.2, 0.25) is 0 Å². The molecule has 0 aliphatic rings. The lowest BCUT2D eigenvalue weighted by Crippen LogP contribution is -2.29. The molecule has 0 fully saturated rings. The van der Waals surface area contributed by atoms with E-state index in [-0.39, 0.29) is 0 Å². The van der Waals surface area contributed by atoms with Gasteiger partial charge in [0.1, 0.15) is 11.6 Å². The Balaban J connectivity index is 1.80. The minimum atomic E-state index is -0.924. The number of halogens is 2. The molecule has 2 rings (SSSR count). The average Bonchev–Trinajstić information content (AvgIpc) is 2.57. The molecule has 0 radical (unpaired) electrons. The fourth-order valence-electron chi connectivity index (χ4n) is 1.77. The van der Waals surface area contributed by atoms with Gasteiger partial charge in [0.2, 0.25) is 0 Å². The zero-order valence-electron chi connectivity index (χ0n) is 12.8. The third-order valence-electron chi connectivity index (χ3n) is 2.95. The third kappa shape index (κ3) is 5.34. The van der Waals surface area contributed by atoms with Gasteiger partial charge in [0.05, 0.1) is 5.69 Å². The Kier molecular flexibility index (Phi) is 6.31. The Bertz CT molecular complexity index is 721. The Morgan fingerprint density at radius 2 is 1.83 bits per heavy atom. The molecule has 0 bridgehead atoms. The molecule has 5 nitrogen and oxygen atoms in total. The zero-order chi connectivity index (χ0) is 17.5. The van der Waals surface area contributed by atoms with Gasteiger partial charge in [-0.15, -0.1) is 0 Å². The molecule has 0 unspecified atom stereocenters. The highest BCUT2D eigenvalue weighted by molar-refractivity contribution is 9.10. The lowest BCUT2D eigenvalue weighted by molar-refractivity contribution is -0.153. The molecule has 1 atom stereocenters. The fraction of sp³-hybridized carbons (Fsp3) is 0.176. The van der Waals surface area contributed by atoms with Crippen LogP contribution >= 0.6 is 15.9 Å². The van der Waals surface area contributed by atoms with Crippen molar-refractivity contribution in [1.82, 2.24) is 0 Å². The maximum atomic E-state index is 12.8. The quantitative estimate of drug-likeness (QED) is 0.759. The molecule has 0 spiro atoms. The molecule has 2 aromatic rings. The maximum absolute atomic E-state index is 12.8.